The van der Waals surface area contributed by atoms with E-state index in [-0.39, 0.29) is 34.7 Å². The highest BCUT2D eigenvalue weighted by molar-refractivity contribution is 5.87. The van der Waals surface area contributed by atoms with E-state index in [2.05, 4.69) is 34.6 Å². The average Bonchev–Trinajstić information content (AvgIpc) is 3.10. The SMILES string of the molecule is CCC1(C)CCCC2(C)C1CCC1(C)C2CC(=O)C2(C)C3C(OC)OC(C)C3C(O)CC12. The van der Waals surface area contributed by atoms with Crippen LogP contribution in [0.15, 0.2) is 0 Å². The number of carbonyl (C=O) groups excluding carboxylic acids is 1. The molecule has 4 nitrogen and oxygen atoms in total. The van der Waals surface area contributed by atoms with Gasteiger partial charge in [-0.3, -0.25) is 4.79 Å². The van der Waals surface area contributed by atoms with Gasteiger partial charge in [-0.2, -0.15) is 0 Å². The lowest BCUT2D eigenvalue weighted by Gasteiger charge is -2.70. The van der Waals surface area contributed by atoms with Crippen molar-refractivity contribution in [3.05, 3.63) is 0 Å². The Morgan fingerprint density at radius 1 is 1.06 bits per heavy atom. The van der Waals surface area contributed by atoms with Crippen molar-refractivity contribution in [3.63, 3.8) is 0 Å². The molecule has 0 bridgehead atoms. The van der Waals surface area contributed by atoms with Crippen molar-refractivity contribution in [1.29, 1.82) is 0 Å². The molecule has 12 atom stereocenters. The van der Waals surface area contributed by atoms with Crippen molar-refractivity contribution in [1.82, 2.24) is 0 Å². The molecule has 1 saturated heterocycles. The molecule has 1 heterocycles. The number of ether oxygens (including phenoxy) is 2. The third-order valence-electron chi connectivity index (χ3n) is 12.4. The maximum absolute atomic E-state index is 14.2. The number of carbonyl (C=O) groups is 1. The molecule has 4 saturated carbocycles. The van der Waals surface area contributed by atoms with Crippen LogP contribution in [0.4, 0.5) is 0 Å². The second kappa shape index (κ2) is 7.28. The lowest BCUT2D eigenvalue weighted by atomic mass is 9.34. The van der Waals surface area contributed by atoms with E-state index in [1.54, 1.807) is 7.11 Å². The van der Waals surface area contributed by atoms with Gasteiger partial charge in [-0.15, -0.1) is 0 Å². The summed E-state index contributed by atoms with van der Waals surface area (Å²) in [4.78, 5) is 14.2. The zero-order valence-corrected chi connectivity index (χ0v) is 21.4. The van der Waals surface area contributed by atoms with Crippen LogP contribution >= 0.6 is 0 Å². The van der Waals surface area contributed by atoms with Gasteiger partial charge in [0.2, 0.25) is 0 Å². The van der Waals surface area contributed by atoms with Crippen molar-refractivity contribution in [2.24, 2.45) is 51.2 Å². The van der Waals surface area contributed by atoms with E-state index < -0.39 is 17.8 Å². The molecule has 5 aliphatic rings. The molecule has 182 valence electrons. The Labute approximate surface area is 195 Å². The normalized spacial score (nSPS) is 59.7. The highest BCUT2D eigenvalue weighted by atomic mass is 16.7. The first-order chi connectivity index (χ1) is 15.0. The van der Waals surface area contributed by atoms with Gasteiger partial charge in [0.1, 0.15) is 5.78 Å². The standard InChI is InChI=1S/C28H46O4/c1-8-25(3)11-9-12-26(4)18(25)10-13-27(5)19(26)15-21(30)28(6)20(27)14-17(29)22-16(2)32-24(31-7)23(22)28/h16-20,22-24,29H,8-15H2,1-7H3. The summed E-state index contributed by atoms with van der Waals surface area (Å²) in [5.74, 6) is 1.64. The van der Waals surface area contributed by atoms with E-state index in [1.165, 1.54) is 38.5 Å². The fraction of sp³-hybridized carbons (Fsp3) is 0.964. The van der Waals surface area contributed by atoms with E-state index in [0.717, 1.165) is 6.42 Å². The van der Waals surface area contributed by atoms with Crippen LogP contribution in [0.1, 0.15) is 92.9 Å². The predicted molar refractivity (Wildman–Crippen MR) is 125 cm³/mol. The summed E-state index contributed by atoms with van der Waals surface area (Å²) < 4.78 is 12.0. The van der Waals surface area contributed by atoms with Gasteiger partial charge in [-0.1, -0.05) is 47.5 Å². The molecule has 1 N–H and O–H groups in total. The molecule has 12 unspecified atom stereocenters. The number of aliphatic hydroxyl groups is 1. The zero-order valence-electron chi connectivity index (χ0n) is 21.4. The van der Waals surface area contributed by atoms with Crippen molar-refractivity contribution in [3.8, 4) is 0 Å². The van der Waals surface area contributed by atoms with Gasteiger partial charge in [0.05, 0.1) is 12.2 Å². The van der Waals surface area contributed by atoms with Gasteiger partial charge in [-0.25, -0.2) is 0 Å². The Morgan fingerprint density at radius 2 is 1.75 bits per heavy atom. The minimum atomic E-state index is -0.480. The fourth-order valence-corrected chi connectivity index (χ4v) is 10.7. The first-order valence-corrected chi connectivity index (χ1v) is 13.4. The molecular weight excluding hydrogens is 400 g/mol. The van der Waals surface area contributed by atoms with Crippen molar-refractivity contribution in [2.75, 3.05) is 7.11 Å². The van der Waals surface area contributed by atoms with Crippen LogP contribution in [0.5, 0.6) is 0 Å². The Bertz CT molecular complexity index is 781. The summed E-state index contributed by atoms with van der Waals surface area (Å²) in [6.45, 7) is 14.2. The summed E-state index contributed by atoms with van der Waals surface area (Å²) >= 11 is 0. The minimum absolute atomic E-state index is 0.0183. The van der Waals surface area contributed by atoms with E-state index in [4.69, 9.17) is 9.47 Å². The lowest BCUT2D eigenvalue weighted by molar-refractivity contribution is -0.233. The maximum atomic E-state index is 14.2. The molecule has 32 heavy (non-hydrogen) atoms. The first-order valence-electron chi connectivity index (χ1n) is 13.4. The van der Waals surface area contributed by atoms with Crippen LogP contribution in [0.25, 0.3) is 0 Å². The van der Waals surface area contributed by atoms with Crippen molar-refractivity contribution in [2.45, 2.75) is 111 Å². The van der Waals surface area contributed by atoms with Gasteiger partial charge in [0, 0.05) is 30.8 Å². The van der Waals surface area contributed by atoms with E-state index in [1.807, 2.05) is 6.92 Å². The Balaban J connectivity index is 1.59. The Morgan fingerprint density at radius 3 is 2.41 bits per heavy atom. The van der Waals surface area contributed by atoms with E-state index in [9.17, 15) is 9.90 Å². The van der Waals surface area contributed by atoms with Crippen molar-refractivity contribution < 1.29 is 19.4 Å². The predicted octanol–water partition coefficient (Wildman–Crippen LogP) is 5.61. The molecule has 4 heteroatoms. The number of methoxy groups -OCH3 is 1. The number of hydrogen-bond donors (Lipinski definition) is 1. The van der Waals surface area contributed by atoms with Crippen molar-refractivity contribution >= 4 is 5.78 Å². The fourth-order valence-electron chi connectivity index (χ4n) is 10.7. The third-order valence-corrected chi connectivity index (χ3v) is 12.4. The highest BCUT2D eigenvalue weighted by Crippen LogP contribution is 2.74. The van der Waals surface area contributed by atoms with Crippen LogP contribution in [0.2, 0.25) is 0 Å². The minimum Gasteiger partial charge on any atom is -0.393 e. The molecule has 0 aromatic rings. The van der Waals surface area contributed by atoms with Crippen LogP contribution in [0.3, 0.4) is 0 Å². The van der Waals surface area contributed by atoms with Gasteiger partial charge in [-0.05, 0) is 73.0 Å². The molecule has 0 aromatic heterocycles. The number of rotatable bonds is 2. The average molecular weight is 447 g/mol. The van der Waals surface area contributed by atoms with Gasteiger partial charge in [0.25, 0.3) is 0 Å². The maximum Gasteiger partial charge on any atom is 0.161 e. The molecular formula is C28H46O4. The van der Waals surface area contributed by atoms with Crippen LogP contribution in [0, 0.1) is 51.2 Å². The van der Waals surface area contributed by atoms with Crippen LogP contribution in [-0.4, -0.2) is 36.5 Å². The third kappa shape index (κ3) is 2.69. The number of aliphatic hydroxyl groups excluding tert-OH is 1. The largest absolute Gasteiger partial charge is 0.393 e. The number of ketones is 1. The zero-order chi connectivity index (χ0) is 23.3. The van der Waals surface area contributed by atoms with Gasteiger partial charge < -0.3 is 14.6 Å². The molecule has 4 aliphatic carbocycles. The van der Waals surface area contributed by atoms with Gasteiger partial charge in [0.15, 0.2) is 6.29 Å². The molecule has 0 spiro atoms. The van der Waals surface area contributed by atoms with Crippen LogP contribution in [-0.2, 0) is 14.3 Å². The molecule has 1 aliphatic heterocycles. The van der Waals surface area contributed by atoms with E-state index >= 15 is 0 Å². The second-order valence-electron chi connectivity index (χ2n) is 13.3. The number of Topliss-reactive ketones (excluding diaryl/α,β-unsaturated/α-hetero) is 1. The lowest BCUT2D eigenvalue weighted by Crippen LogP contribution is -2.68. The van der Waals surface area contributed by atoms with Crippen LogP contribution < -0.4 is 0 Å². The first kappa shape index (κ1) is 23.3. The number of hydrogen-bond acceptors (Lipinski definition) is 4. The molecule has 0 aromatic carbocycles. The second-order valence-corrected chi connectivity index (χ2v) is 13.3. The Hall–Kier alpha value is -0.450. The molecule has 5 rings (SSSR count). The molecule has 0 radical (unpaired) electrons. The molecule has 0 amide bonds. The Kier molecular flexibility index (Phi) is 5.30. The summed E-state index contributed by atoms with van der Waals surface area (Å²) in [6, 6.07) is 0. The summed E-state index contributed by atoms with van der Waals surface area (Å²) in [5.41, 5.74) is 0.211. The smallest absolute Gasteiger partial charge is 0.161 e. The summed E-state index contributed by atoms with van der Waals surface area (Å²) in [6.07, 6.45) is 8.07. The monoisotopic (exact) mass is 446 g/mol. The topological polar surface area (TPSA) is 55.8 Å². The highest BCUT2D eigenvalue weighted by Gasteiger charge is 2.72. The van der Waals surface area contributed by atoms with E-state index in [0.29, 0.717) is 29.5 Å². The summed E-state index contributed by atoms with van der Waals surface area (Å²) in [7, 11) is 1.69. The summed E-state index contributed by atoms with van der Waals surface area (Å²) in [5, 5.41) is 11.4. The number of fused-ring (bicyclic) bond motifs is 7. The quantitative estimate of drug-likeness (QED) is 0.599. The molecule has 5 fully saturated rings. The van der Waals surface area contributed by atoms with Gasteiger partial charge >= 0.3 is 0 Å².